The number of nitrogens with zero attached hydrogens (tertiary/aromatic N) is 3. The first-order valence-corrected chi connectivity index (χ1v) is 8.67. The minimum Gasteiger partial charge on any atom is -0.379 e. The van der Waals surface area contributed by atoms with Gasteiger partial charge >= 0.3 is 0 Å². The first-order chi connectivity index (χ1) is 11.9. The number of hydrogen-bond acceptors (Lipinski definition) is 7. The van der Waals surface area contributed by atoms with Crippen molar-refractivity contribution in [2.24, 2.45) is 5.73 Å². The molecule has 2 aromatic heterocycles. The molecule has 0 saturated heterocycles. The van der Waals surface area contributed by atoms with Crippen molar-refractivity contribution in [3.8, 4) is 6.07 Å². The number of nitriles is 1. The first kappa shape index (κ1) is 17.5. The monoisotopic (exact) mass is 364 g/mol. The number of rotatable bonds is 4. The van der Waals surface area contributed by atoms with E-state index in [1.54, 1.807) is 6.07 Å². The van der Waals surface area contributed by atoms with Gasteiger partial charge in [-0.2, -0.15) is 9.64 Å². The predicted molar refractivity (Wildman–Crippen MR) is 93.3 cm³/mol. The Balaban J connectivity index is 1.81. The van der Waals surface area contributed by atoms with Crippen molar-refractivity contribution in [1.82, 2.24) is 9.36 Å². The van der Waals surface area contributed by atoms with Gasteiger partial charge in [0, 0.05) is 12.5 Å². The molecule has 4 N–H and O–H groups in total. The summed E-state index contributed by atoms with van der Waals surface area (Å²) in [5.74, 6) is -2.88. The average molecular weight is 364 g/mol. The Hall–Kier alpha value is -2.31. The van der Waals surface area contributed by atoms with E-state index in [1.165, 1.54) is 17.7 Å². The van der Waals surface area contributed by atoms with E-state index in [0.717, 1.165) is 10.7 Å². The number of pyridine rings is 1. The molecule has 0 bridgehead atoms. The Morgan fingerprint density at radius 2 is 2.24 bits per heavy atom. The molecule has 0 aliphatic heterocycles. The normalized spacial score (nSPS) is 22.2. The van der Waals surface area contributed by atoms with Gasteiger partial charge in [0.25, 0.3) is 5.92 Å². The van der Waals surface area contributed by atoms with Crippen LogP contribution in [0.2, 0.25) is 0 Å². The van der Waals surface area contributed by atoms with Crippen LogP contribution in [0.25, 0.3) is 0 Å². The van der Waals surface area contributed by atoms with E-state index < -0.39 is 18.0 Å². The van der Waals surface area contributed by atoms with Gasteiger partial charge in [-0.1, -0.05) is 0 Å². The van der Waals surface area contributed by atoms with Gasteiger partial charge in [0.1, 0.15) is 11.1 Å². The lowest BCUT2D eigenvalue weighted by atomic mass is 9.87. The van der Waals surface area contributed by atoms with Crippen LogP contribution in [0.1, 0.15) is 30.7 Å². The number of aromatic nitrogens is 2. The highest BCUT2D eigenvalue weighted by Crippen LogP contribution is 2.34. The summed E-state index contributed by atoms with van der Waals surface area (Å²) in [6, 6.07) is 3.75. The third kappa shape index (κ3) is 3.86. The standard InChI is InChI=1S/C16H18F2N6S/c1-9-5-14(25-24-9)23-12-6-10(8-21-13(12)7-19)22-11-3-2-4-16(17,18)15(11)20/h5-6,8,11,15,22-23H,2-4,20H2,1H3/t11-,15-/m1/s1. The Bertz CT molecular complexity index is 800. The summed E-state index contributed by atoms with van der Waals surface area (Å²) in [7, 11) is 0. The summed E-state index contributed by atoms with van der Waals surface area (Å²) in [6.45, 7) is 1.87. The topological polar surface area (TPSA) is 99.6 Å². The second kappa shape index (κ2) is 6.90. The lowest BCUT2D eigenvalue weighted by Crippen LogP contribution is -2.55. The molecule has 9 heteroatoms. The Labute approximate surface area is 148 Å². The van der Waals surface area contributed by atoms with Gasteiger partial charge < -0.3 is 16.4 Å². The Morgan fingerprint density at radius 3 is 2.92 bits per heavy atom. The van der Waals surface area contributed by atoms with E-state index in [0.29, 0.717) is 24.2 Å². The predicted octanol–water partition coefficient (Wildman–Crippen LogP) is 3.39. The lowest BCUT2D eigenvalue weighted by Gasteiger charge is -2.36. The zero-order valence-corrected chi connectivity index (χ0v) is 14.4. The molecule has 25 heavy (non-hydrogen) atoms. The van der Waals surface area contributed by atoms with Gasteiger partial charge in [-0.25, -0.2) is 13.8 Å². The number of aryl methyl sites for hydroxylation is 1. The molecule has 132 valence electrons. The molecular weight excluding hydrogens is 346 g/mol. The van der Waals surface area contributed by atoms with Crippen molar-refractivity contribution in [1.29, 1.82) is 5.26 Å². The van der Waals surface area contributed by atoms with E-state index in [4.69, 9.17) is 5.73 Å². The van der Waals surface area contributed by atoms with Crippen molar-refractivity contribution in [3.05, 3.63) is 29.7 Å². The molecule has 1 saturated carbocycles. The largest absolute Gasteiger partial charge is 0.379 e. The summed E-state index contributed by atoms with van der Waals surface area (Å²) in [5.41, 5.74) is 7.83. The lowest BCUT2D eigenvalue weighted by molar-refractivity contribution is -0.0554. The average Bonchev–Trinajstić information content (AvgIpc) is 2.97. The molecule has 0 unspecified atom stereocenters. The van der Waals surface area contributed by atoms with Gasteiger partial charge in [0.15, 0.2) is 5.69 Å². The second-order valence-corrected chi connectivity index (χ2v) is 6.92. The number of alkyl halides is 2. The molecule has 0 radical (unpaired) electrons. The molecule has 2 aromatic rings. The molecule has 2 heterocycles. The van der Waals surface area contributed by atoms with E-state index in [1.807, 2.05) is 19.1 Å². The molecule has 2 atom stereocenters. The zero-order valence-electron chi connectivity index (χ0n) is 13.6. The van der Waals surface area contributed by atoms with Crippen LogP contribution in [0.4, 0.5) is 25.2 Å². The van der Waals surface area contributed by atoms with Crippen LogP contribution in [-0.2, 0) is 0 Å². The van der Waals surface area contributed by atoms with Crippen LogP contribution >= 0.6 is 11.5 Å². The third-order valence-corrected chi connectivity index (χ3v) is 4.97. The van der Waals surface area contributed by atoms with Crippen LogP contribution < -0.4 is 16.4 Å². The van der Waals surface area contributed by atoms with Gasteiger partial charge in [-0.05, 0) is 43.4 Å². The van der Waals surface area contributed by atoms with Gasteiger partial charge in [-0.15, -0.1) is 0 Å². The maximum absolute atomic E-state index is 13.8. The van der Waals surface area contributed by atoms with Crippen molar-refractivity contribution in [3.63, 3.8) is 0 Å². The summed E-state index contributed by atoms with van der Waals surface area (Å²) in [6.07, 6.45) is 2.25. The van der Waals surface area contributed by atoms with Gasteiger partial charge in [0.05, 0.1) is 29.3 Å². The van der Waals surface area contributed by atoms with E-state index in [-0.39, 0.29) is 12.1 Å². The fourth-order valence-corrected chi connectivity index (χ4v) is 3.53. The van der Waals surface area contributed by atoms with Gasteiger partial charge in [-0.3, -0.25) is 0 Å². The Morgan fingerprint density at radius 1 is 1.44 bits per heavy atom. The SMILES string of the molecule is Cc1cc(Nc2cc(N[C@@H]3CCCC(F)(F)[C@@H]3N)cnc2C#N)sn1. The van der Waals surface area contributed by atoms with Crippen molar-refractivity contribution in [2.45, 2.75) is 44.2 Å². The smallest absolute Gasteiger partial charge is 0.264 e. The summed E-state index contributed by atoms with van der Waals surface area (Å²) < 4.78 is 31.8. The first-order valence-electron chi connectivity index (χ1n) is 7.89. The van der Waals surface area contributed by atoms with Crippen LogP contribution in [0.5, 0.6) is 0 Å². The maximum atomic E-state index is 13.8. The summed E-state index contributed by atoms with van der Waals surface area (Å²) in [4.78, 5) is 4.10. The highest BCUT2D eigenvalue weighted by atomic mass is 32.1. The Kier molecular flexibility index (Phi) is 4.83. The summed E-state index contributed by atoms with van der Waals surface area (Å²) >= 11 is 1.27. The molecule has 6 nitrogen and oxygen atoms in total. The number of nitrogens with one attached hydrogen (secondary N) is 2. The number of halogens is 2. The van der Waals surface area contributed by atoms with Crippen molar-refractivity contribution < 1.29 is 8.78 Å². The quantitative estimate of drug-likeness (QED) is 0.769. The van der Waals surface area contributed by atoms with Crippen LogP contribution in [-0.4, -0.2) is 27.4 Å². The molecule has 1 aliphatic carbocycles. The highest BCUT2D eigenvalue weighted by Gasteiger charge is 2.44. The third-order valence-electron chi connectivity index (χ3n) is 4.18. The van der Waals surface area contributed by atoms with E-state index >= 15 is 0 Å². The minimum atomic E-state index is -2.88. The fourth-order valence-electron chi connectivity index (χ4n) is 2.86. The molecule has 3 rings (SSSR count). The molecule has 0 spiro atoms. The summed E-state index contributed by atoms with van der Waals surface area (Å²) in [5, 5.41) is 16.1. The fraction of sp³-hybridized carbons (Fsp3) is 0.438. The molecule has 1 fully saturated rings. The number of nitrogens with two attached hydrogens (primary N) is 1. The maximum Gasteiger partial charge on any atom is 0.264 e. The van der Waals surface area contributed by atoms with Crippen LogP contribution in [0.15, 0.2) is 18.3 Å². The van der Waals surface area contributed by atoms with Gasteiger partial charge in [0.2, 0.25) is 0 Å². The zero-order chi connectivity index (χ0) is 18.0. The molecular formula is C16H18F2N6S. The van der Waals surface area contributed by atoms with E-state index in [2.05, 4.69) is 20.0 Å². The van der Waals surface area contributed by atoms with Crippen molar-refractivity contribution in [2.75, 3.05) is 10.6 Å². The van der Waals surface area contributed by atoms with Crippen molar-refractivity contribution >= 4 is 27.9 Å². The molecule has 1 aliphatic rings. The van der Waals surface area contributed by atoms with Crippen LogP contribution in [0, 0.1) is 18.3 Å². The molecule has 0 aromatic carbocycles. The highest BCUT2D eigenvalue weighted by molar-refractivity contribution is 7.10. The number of hydrogen-bond donors (Lipinski definition) is 3. The van der Waals surface area contributed by atoms with E-state index in [9.17, 15) is 14.0 Å². The van der Waals surface area contributed by atoms with Crippen LogP contribution in [0.3, 0.4) is 0 Å². The molecule has 0 amide bonds. The number of anilines is 3. The minimum absolute atomic E-state index is 0.185. The second-order valence-electron chi connectivity index (χ2n) is 6.12.